The summed E-state index contributed by atoms with van der Waals surface area (Å²) >= 11 is 0. The van der Waals surface area contributed by atoms with Gasteiger partial charge in [-0.2, -0.15) is 0 Å². The van der Waals surface area contributed by atoms with E-state index in [2.05, 4.69) is 33.1 Å². The van der Waals surface area contributed by atoms with E-state index < -0.39 is 8.32 Å². The predicted octanol–water partition coefficient (Wildman–Crippen LogP) is 3.99. The molecule has 2 nitrogen and oxygen atoms in total. The molecule has 100 valence electrons. The number of rotatable bonds is 8. The van der Waals surface area contributed by atoms with E-state index in [9.17, 15) is 0 Å². The number of hydrogen-bond acceptors (Lipinski definition) is 2. The van der Waals surface area contributed by atoms with Gasteiger partial charge in [-0.25, -0.2) is 0 Å². The topological polar surface area (TPSA) is 18.5 Å². The minimum atomic E-state index is -1.40. The van der Waals surface area contributed by atoms with Crippen molar-refractivity contribution in [2.24, 2.45) is 5.92 Å². The van der Waals surface area contributed by atoms with Crippen molar-refractivity contribution in [1.82, 2.24) is 0 Å². The zero-order valence-electron chi connectivity index (χ0n) is 11.9. The molecule has 0 aromatic rings. The Kier molecular flexibility index (Phi) is 5.90. The zero-order chi connectivity index (χ0) is 12.9. The first-order valence-corrected chi connectivity index (χ1v) is 10.3. The standard InChI is InChI=1S/C14H28O2Si/c1-6-8-9-10-14-12(13(7-2)16-14)11-15-17(3,4)5/h7,12-14H,2,6,8-11H2,1,3-5H3/t12-,13-,14+/m1/s1. The maximum Gasteiger partial charge on any atom is 0.183 e. The van der Waals surface area contributed by atoms with Crippen LogP contribution in [0, 0.1) is 5.92 Å². The van der Waals surface area contributed by atoms with E-state index in [4.69, 9.17) is 9.16 Å². The minimum absolute atomic E-state index is 0.220. The van der Waals surface area contributed by atoms with Crippen LogP contribution in [0.3, 0.4) is 0 Å². The third-order valence-corrected chi connectivity index (χ3v) is 4.30. The monoisotopic (exact) mass is 256 g/mol. The van der Waals surface area contributed by atoms with E-state index in [1.807, 2.05) is 6.08 Å². The molecule has 0 radical (unpaired) electrons. The predicted molar refractivity (Wildman–Crippen MR) is 75.8 cm³/mol. The van der Waals surface area contributed by atoms with Crippen LogP contribution in [0.5, 0.6) is 0 Å². The maximum absolute atomic E-state index is 6.01. The summed E-state index contributed by atoms with van der Waals surface area (Å²) in [5.41, 5.74) is 0. The van der Waals surface area contributed by atoms with Crippen molar-refractivity contribution >= 4 is 8.32 Å². The summed E-state index contributed by atoms with van der Waals surface area (Å²) in [5.74, 6) is 0.538. The van der Waals surface area contributed by atoms with Crippen molar-refractivity contribution in [3.05, 3.63) is 12.7 Å². The molecule has 1 aliphatic heterocycles. The lowest BCUT2D eigenvalue weighted by molar-refractivity contribution is -0.174. The number of unbranched alkanes of at least 4 members (excludes halogenated alkanes) is 2. The fourth-order valence-corrected chi connectivity index (χ4v) is 2.87. The van der Waals surface area contributed by atoms with Gasteiger partial charge in [0.25, 0.3) is 0 Å². The first-order chi connectivity index (χ1) is 7.98. The van der Waals surface area contributed by atoms with Crippen molar-refractivity contribution < 1.29 is 9.16 Å². The largest absolute Gasteiger partial charge is 0.417 e. The van der Waals surface area contributed by atoms with Gasteiger partial charge in [0.2, 0.25) is 0 Å². The molecule has 0 bridgehead atoms. The Balaban J connectivity index is 2.32. The Labute approximate surface area is 108 Å². The molecule has 1 fully saturated rings. The Hall–Kier alpha value is -0.123. The average Bonchev–Trinajstić information content (AvgIpc) is 2.20. The van der Waals surface area contributed by atoms with E-state index >= 15 is 0 Å². The Bertz CT molecular complexity index is 235. The molecule has 0 aromatic carbocycles. The highest BCUT2D eigenvalue weighted by molar-refractivity contribution is 6.69. The summed E-state index contributed by atoms with van der Waals surface area (Å²) in [6.07, 6.45) is 7.58. The van der Waals surface area contributed by atoms with Crippen molar-refractivity contribution in [3.63, 3.8) is 0 Å². The van der Waals surface area contributed by atoms with Gasteiger partial charge in [-0.15, -0.1) is 6.58 Å². The molecular weight excluding hydrogens is 228 g/mol. The Morgan fingerprint density at radius 3 is 2.53 bits per heavy atom. The highest BCUT2D eigenvalue weighted by Gasteiger charge is 2.40. The molecule has 0 spiro atoms. The summed E-state index contributed by atoms with van der Waals surface area (Å²) < 4.78 is 11.8. The van der Waals surface area contributed by atoms with Gasteiger partial charge in [-0.05, 0) is 26.1 Å². The van der Waals surface area contributed by atoms with Gasteiger partial charge in [0.05, 0.1) is 12.2 Å². The van der Waals surface area contributed by atoms with Crippen LogP contribution in [0.2, 0.25) is 19.6 Å². The normalized spacial score (nSPS) is 28.8. The molecular formula is C14H28O2Si. The van der Waals surface area contributed by atoms with E-state index in [0.29, 0.717) is 12.0 Å². The first kappa shape index (κ1) is 14.9. The molecule has 3 heteroatoms. The Morgan fingerprint density at radius 1 is 1.29 bits per heavy atom. The van der Waals surface area contributed by atoms with Crippen LogP contribution >= 0.6 is 0 Å². The fourth-order valence-electron chi connectivity index (χ4n) is 2.18. The summed E-state index contributed by atoms with van der Waals surface area (Å²) in [6.45, 7) is 13.6. The van der Waals surface area contributed by atoms with E-state index in [0.717, 1.165) is 6.61 Å². The lowest BCUT2D eigenvalue weighted by Gasteiger charge is -2.44. The van der Waals surface area contributed by atoms with Crippen molar-refractivity contribution in [2.75, 3.05) is 6.61 Å². The molecule has 3 atom stereocenters. The van der Waals surface area contributed by atoms with Crippen molar-refractivity contribution in [1.29, 1.82) is 0 Å². The molecule has 1 rings (SSSR count). The third kappa shape index (κ3) is 4.94. The molecule has 0 N–H and O–H groups in total. The smallest absolute Gasteiger partial charge is 0.183 e. The van der Waals surface area contributed by atoms with Gasteiger partial charge in [-0.3, -0.25) is 0 Å². The van der Waals surface area contributed by atoms with Crippen LogP contribution in [-0.2, 0) is 9.16 Å². The lowest BCUT2D eigenvalue weighted by atomic mass is 9.87. The Morgan fingerprint density at radius 2 is 2.00 bits per heavy atom. The number of hydrogen-bond donors (Lipinski definition) is 0. The second kappa shape index (κ2) is 6.71. The summed E-state index contributed by atoms with van der Waals surface area (Å²) in [6, 6.07) is 0. The third-order valence-electron chi connectivity index (χ3n) is 3.26. The zero-order valence-corrected chi connectivity index (χ0v) is 12.9. The van der Waals surface area contributed by atoms with Crippen LogP contribution < -0.4 is 0 Å². The van der Waals surface area contributed by atoms with Crippen LogP contribution in [0.15, 0.2) is 12.7 Å². The van der Waals surface area contributed by atoms with Gasteiger partial charge in [0, 0.05) is 12.5 Å². The lowest BCUT2D eigenvalue weighted by Crippen LogP contribution is -2.51. The van der Waals surface area contributed by atoms with Crippen LogP contribution in [-0.4, -0.2) is 27.1 Å². The van der Waals surface area contributed by atoms with Gasteiger partial charge >= 0.3 is 0 Å². The molecule has 1 heterocycles. The van der Waals surface area contributed by atoms with Crippen molar-refractivity contribution in [2.45, 2.75) is 64.5 Å². The van der Waals surface area contributed by atoms with Gasteiger partial charge in [0.15, 0.2) is 8.32 Å². The molecule has 1 aliphatic rings. The molecule has 0 saturated carbocycles. The minimum Gasteiger partial charge on any atom is -0.417 e. The van der Waals surface area contributed by atoms with Gasteiger partial charge in [0.1, 0.15) is 0 Å². The quantitative estimate of drug-likeness (QED) is 0.371. The average molecular weight is 256 g/mol. The summed E-state index contributed by atoms with van der Waals surface area (Å²) in [5, 5.41) is 0. The van der Waals surface area contributed by atoms with E-state index in [-0.39, 0.29) is 6.10 Å². The van der Waals surface area contributed by atoms with Crippen LogP contribution in [0.25, 0.3) is 0 Å². The van der Waals surface area contributed by atoms with Crippen LogP contribution in [0.1, 0.15) is 32.6 Å². The highest BCUT2D eigenvalue weighted by atomic mass is 28.4. The maximum atomic E-state index is 6.01. The number of ether oxygens (including phenoxy) is 1. The molecule has 0 aromatic heterocycles. The summed E-state index contributed by atoms with van der Waals surface area (Å²) in [7, 11) is -1.40. The second-order valence-corrected chi connectivity index (χ2v) is 10.5. The first-order valence-electron chi connectivity index (χ1n) is 6.90. The summed E-state index contributed by atoms with van der Waals surface area (Å²) in [4.78, 5) is 0. The second-order valence-electron chi connectivity index (χ2n) is 5.96. The molecule has 0 aliphatic carbocycles. The van der Waals surface area contributed by atoms with Crippen LogP contribution in [0.4, 0.5) is 0 Å². The van der Waals surface area contributed by atoms with E-state index in [1.165, 1.54) is 25.7 Å². The van der Waals surface area contributed by atoms with Crippen molar-refractivity contribution in [3.8, 4) is 0 Å². The molecule has 0 unspecified atom stereocenters. The SMILES string of the molecule is C=C[C@H]1O[C@@H](CCCCC)[C@@H]1CO[Si](C)(C)C. The highest BCUT2D eigenvalue weighted by Crippen LogP contribution is 2.33. The fraction of sp³-hybridized carbons (Fsp3) is 0.857. The van der Waals surface area contributed by atoms with Gasteiger partial charge < -0.3 is 9.16 Å². The van der Waals surface area contributed by atoms with E-state index in [1.54, 1.807) is 0 Å². The molecule has 1 saturated heterocycles. The van der Waals surface area contributed by atoms with Gasteiger partial charge in [-0.1, -0.05) is 32.3 Å². The molecule has 0 amide bonds. The molecule has 17 heavy (non-hydrogen) atoms.